The van der Waals surface area contributed by atoms with Crippen LogP contribution in [0.2, 0.25) is 0 Å². The lowest BCUT2D eigenvalue weighted by atomic mass is 10.0. The third kappa shape index (κ3) is 70.8. The first-order valence-electron chi connectivity index (χ1n) is 36.5. The molecule has 0 aromatic rings. The van der Waals surface area contributed by atoms with E-state index in [1.165, 1.54) is 70.6 Å². The number of unbranched alkanes of at least 4 members (excludes halogenated alkanes) is 23. The van der Waals surface area contributed by atoms with Gasteiger partial charge < -0.3 is 34.2 Å². The maximum atomic E-state index is 12.9. The lowest BCUT2D eigenvalue weighted by Gasteiger charge is -2.21. The number of aliphatic hydroxyl groups excluding tert-OH is 2. The Balaban J connectivity index is 4.47. The predicted molar refractivity (Wildman–Crippen MR) is 390 cm³/mol. The average Bonchev–Trinajstić information content (AvgIpc) is 2.67. The second-order valence-electron chi connectivity index (χ2n) is 24.0. The monoisotopic (exact) mass is 1370 g/mol. The number of hydrogen-bond donors (Lipinski definition) is 4. The third-order valence-corrected chi connectivity index (χ3v) is 16.7. The van der Waals surface area contributed by atoms with Crippen LogP contribution in [-0.2, 0) is 55.8 Å². The Hall–Kier alpha value is -4.31. The van der Waals surface area contributed by atoms with Crippen molar-refractivity contribution in [3.8, 4) is 0 Å². The maximum absolute atomic E-state index is 12.9. The van der Waals surface area contributed by atoms with E-state index in [-0.39, 0.29) is 19.3 Å². The summed E-state index contributed by atoms with van der Waals surface area (Å²) in [4.78, 5) is 58.4. The van der Waals surface area contributed by atoms with Gasteiger partial charge in [0.2, 0.25) is 0 Å². The van der Waals surface area contributed by atoms with Crippen LogP contribution in [0.1, 0.15) is 278 Å². The molecule has 0 aromatic heterocycles. The molecule has 16 nitrogen and oxygen atoms in total. The highest BCUT2D eigenvalue weighted by atomic mass is 31.2. The number of aliphatic hydroxyl groups is 2. The van der Waals surface area contributed by atoms with Gasteiger partial charge in [-0.15, -0.1) is 0 Å². The van der Waals surface area contributed by atoms with Crippen LogP contribution in [0.4, 0.5) is 0 Å². The quantitative estimate of drug-likeness (QED) is 0.0146. The minimum Gasteiger partial charge on any atom is -0.463 e. The van der Waals surface area contributed by atoms with Gasteiger partial charge >= 0.3 is 33.6 Å². The third-order valence-electron chi connectivity index (χ3n) is 14.8. The molecule has 5 atom stereocenters. The van der Waals surface area contributed by atoms with Gasteiger partial charge in [0.25, 0.3) is 0 Å². The first-order chi connectivity index (χ1) is 46.2. The van der Waals surface area contributed by atoms with E-state index in [1.807, 2.05) is 0 Å². The van der Waals surface area contributed by atoms with Crippen LogP contribution in [0.5, 0.6) is 0 Å². The molecule has 544 valence electrons. The molecule has 0 bridgehead atoms. The first-order valence-corrected chi connectivity index (χ1v) is 39.5. The van der Waals surface area contributed by atoms with Gasteiger partial charge in [-0.2, -0.15) is 0 Å². The van der Waals surface area contributed by atoms with Gasteiger partial charge in [0.05, 0.1) is 26.4 Å². The minimum atomic E-state index is -4.93. The molecule has 18 heteroatoms. The number of allylic oxidation sites excluding steroid dienone is 22. The molecule has 0 amide bonds. The fourth-order valence-corrected chi connectivity index (χ4v) is 10.9. The zero-order valence-electron chi connectivity index (χ0n) is 59.0. The molecule has 0 aliphatic carbocycles. The van der Waals surface area contributed by atoms with Crippen molar-refractivity contribution in [3.63, 3.8) is 0 Å². The molecule has 0 aromatic carbocycles. The van der Waals surface area contributed by atoms with Gasteiger partial charge in [-0.25, -0.2) is 9.13 Å². The molecule has 0 saturated carbocycles. The first kappa shape index (κ1) is 90.7. The number of rotatable bonds is 68. The molecular weight excluding hydrogens is 1240 g/mol. The number of carbonyl (C=O) groups excluding carboxylic acids is 3. The molecule has 0 rings (SSSR count). The Morgan fingerprint density at radius 1 is 0.305 bits per heavy atom. The summed E-state index contributed by atoms with van der Waals surface area (Å²) in [5.74, 6) is -1.63. The summed E-state index contributed by atoms with van der Waals surface area (Å²) in [6.45, 7) is 2.34. The van der Waals surface area contributed by atoms with Crippen LogP contribution in [0.25, 0.3) is 0 Å². The smallest absolute Gasteiger partial charge is 0.463 e. The summed E-state index contributed by atoms with van der Waals surface area (Å²) in [7, 11) is -9.79. The number of hydrogen-bond acceptors (Lipinski definition) is 14. The Morgan fingerprint density at radius 3 is 0.905 bits per heavy atom. The Kier molecular flexibility index (Phi) is 66.4. The Labute approximate surface area is 575 Å². The lowest BCUT2D eigenvalue weighted by Crippen LogP contribution is -2.30. The number of esters is 3. The van der Waals surface area contributed by atoms with Crippen molar-refractivity contribution in [1.82, 2.24) is 0 Å². The molecule has 0 aliphatic rings. The van der Waals surface area contributed by atoms with Crippen molar-refractivity contribution in [2.75, 3.05) is 39.6 Å². The Morgan fingerprint density at radius 2 is 0.558 bits per heavy atom. The zero-order valence-corrected chi connectivity index (χ0v) is 60.8. The van der Waals surface area contributed by atoms with Crippen molar-refractivity contribution in [3.05, 3.63) is 134 Å². The number of phosphoric acid groups is 2. The zero-order chi connectivity index (χ0) is 69.5. The van der Waals surface area contributed by atoms with E-state index in [9.17, 15) is 43.5 Å². The number of carbonyl (C=O) groups is 3. The molecule has 0 spiro atoms. The average molecular weight is 1370 g/mol. The van der Waals surface area contributed by atoms with Gasteiger partial charge in [0.1, 0.15) is 25.4 Å². The molecule has 95 heavy (non-hydrogen) atoms. The van der Waals surface area contributed by atoms with Gasteiger partial charge in [-0.1, -0.05) is 264 Å². The highest BCUT2D eigenvalue weighted by Crippen LogP contribution is 2.45. The largest absolute Gasteiger partial charge is 0.472 e. The van der Waals surface area contributed by atoms with E-state index in [4.69, 9.17) is 32.3 Å². The second kappa shape index (κ2) is 69.6. The molecular formula is C77H130O16P2. The van der Waals surface area contributed by atoms with E-state index in [0.717, 1.165) is 148 Å². The Bertz CT molecular complexity index is 2260. The molecule has 0 heterocycles. The highest BCUT2D eigenvalue weighted by Gasteiger charge is 2.29. The molecule has 4 N–H and O–H groups in total. The van der Waals surface area contributed by atoms with Crippen LogP contribution in [0.15, 0.2) is 134 Å². The SMILES string of the molecule is CC/C=C\C/C=C\C/C=C\C/C=C\C/C=C\CCCCCCCCCCCCCCCC(=O)OCC(O)COP(=O)(O)OCC(O)COP(=O)(O)OCC(COC(=O)CCCCC/C=C\C/C=C\C/C=C\C/C=C\C/C=C\CC)OC(=O)CCCCCCC/C=C\CCCC. The van der Waals surface area contributed by atoms with Crippen LogP contribution in [0, 0.1) is 0 Å². The predicted octanol–water partition coefficient (Wildman–Crippen LogP) is 20.8. The highest BCUT2D eigenvalue weighted by molar-refractivity contribution is 7.47. The summed E-state index contributed by atoms with van der Waals surface area (Å²) in [5.41, 5.74) is 0. The summed E-state index contributed by atoms with van der Waals surface area (Å²) in [6.07, 6.45) is 82.4. The normalized spacial score (nSPS) is 14.9. The topological polar surface area (TPSA) is 231 Å². The molecule has 0 saturated heterocycles. The molecule has 0 aliphatic heterocycles. The number of ether oxygens (including phenoxy) is 3. The van der Waals surface area contributed by atoms with E-state index < -0.39 is 91.5 Å². The fraction of sp³-hybridized carbons (Fsp3) is 0.675. The molecule has 0 radical (unpaired) electrons. The molecule has 0 fully saturated rings. The summed E-state index contributed by atoms with van der Waals surface area (Å²) in [5, 5.41) is 20.6. The van der Waals surface area contributed by atoms with Crippen LogP contribution >= 0.6 is 15.6 Å². The minimum absolute atomic E-state index is 0.0837. The summed E-state index contributed by atoms with van der Waals surface area (Å²) < 4.78 is 60.9. The van der Waals surface area contributed by atoms with Gasteiger partial charge in [0.15, 0.2) is 6.10 Å². The number of phosphoric ester groups is 2. The van der Waals surface area contributed by atoms with Crippen molar-refractivity contribution >= 4 is 33.6 Å². The summed E-state index contributed by atoms with van der Waals surface area (Å²) in [6, 6.07) is 0. The van der Waals surface area contributed by atoms with Crippen molar-refractivity contribution < 1.29 is 75.8 Å². The van der Waals surface area contributed by atoms with E-state index in [1.54, 1.807) is 0 Å². The van der Waals surface area contributed by atoms with Crippen LogP contribution in [0.3, 0.4) is 0 Å². The van der Waals surface area contributed by atoms with E-state index in [2.05, 4.69) is 154 Å². The van der Waals surface area contributed by atoms with Crippen LogP contribution < -0.4 is 0 Å². The van der Waals surface area contributed by atoms with Gasteiger partial charge in [0, 0.05) is 19.3 Å². The fourth-order valence-electron chi connectivity index (χ4n) is 9.31. The lowest BCUT2D eigenvalue weighted by molar-refractivity contribution is -0.161. The summed E-state index contributed by atoms with van der Waals surface area (Å²) >= 11 is 0. The van der Waals surface area contributed by atoms with E-state index >= 15 is 0 Å². The van der Waals surface area contributed by atoms with E-state index in [0.29, 0.717) is 19.3 Å². The van der Waals surface area contributed by atoms with Crippen LogP contribution in [-0.4, -0.2) is 95.9 Å². The maximum Gasteiger partial charge on any atom is 0.472 e. The second-order valence-corrected chi connectivity index (χ2v) is 26.9. The van der Waals surface area contributed by atoms with Crippen molar-refractivity contribution in [2.24, 2.45) is 0 Å². The molecule has 5 unspecified atom stereocenters. The van der Waals surface area contributed by atoms with Gasteiger partial charge in [-0.05, 0) is 128 Å². The van der Waals surface area contributed by atoms with Crippen molar-refractivity contribution in [1.29, 1.82) is 0 Å². The van der Waals surface area contributed by atoms with Crippen molar-refractivity contribution in [2.45, 2.75) is 296 Å². The standard InChI is InChI=1S/C77H130O16P2/c1-4-7-10-13-16-19-22-24-26-28-30-31-32-33-34-35-36-37-38-39-41-43-44-46-49-51-54-57-60-63-75(80)87-66-72(78)67-89-94(83,84)90-68-73(79)69-91-95(85,86)92-71-74(93-77(82)65-62-59-56-53-48-21-18-15-12-9-6-3)70-88-76(81)64-61-58-55-52-50-47-45-42-40-29-27-25-23-20-17-14-11-8-5-2/h7-8,10-11,15-20,24-27,30-31,33-34,40,42,47,50,72-74,78-79H,4-6,9,12-14,21-23,28-29,32,35-39,41,43-46,48-49,51-71H2,1-3H3,(H,83,84)(H,85,86)/b10-7-,11-8-,18-15-,19-16-,20-17-,26-24-,27-25-,31-30-,34-33-,42-40-,50-47-. The van der Waals surface area contributed by atoms with Gasteiger partial charge in [-0.3, -0.25) is 32.5 Å².